The van der Waals surface area contributed by atoms with E-state index in [1.807, 2.05) is 12.1 Å². The van der Waals surface area contributed by atoms with Crippen LogP contribution in [0.3, 0.4) is 0 Å². The molecule has 0 aromatic heterocycles. The largest absolute Gasteiger partial charge is 0.0843 e. The molecule has 0 heterocycles. The van der Waals surface area contributed by atoms with Crippen molar-refractivity contribution in [3.8, 4) is 0 Å². The number of rotatable bonds is 9. The van der Waals surface area contributed by atoms with Crippen molar-refractivity contribution in [1.82, 2.24) is 0 Å². The fourth-order valence-corrected chi connectivity index (χ4v) is 5.34. The van der Waals surface area contributed by atoms with E-state index in [0.717, 1.165) is 29.7 Å². The Balaban J connectivity index is 1.18. The lowest BCUT2D eigenvalue weighted by molar-refractivity contribution is 0.310. The first-order chi connectivity index (χ1) is 15.7. The molecule has 1 saturated carbocycles. The van der Waals surface area contributed by atoms with Gasteiger partial charge in [-0.25, -0.2) is 0 Å². The Morgan fingerprint density at radius 2 is 1.06 bits per heavy atom. The van der Waals surface area contributed by atoms with Gasteiger partial charge in [-0.1, -0.05) is 85.6 Å². The molecule has 32 heavy (non-hydrogen) atoms. The highest BCUT2D eigenvalue weighted by atomic mass is 35.5. The molecule has 1 aliphatic rings. The van der Waals surface area contributed by atoms with Crippen LogP contribution in [0.2, 0.25) is 5.02 Å². The maximum atomic E-state index is 5.98. The molecule has 0 aliphatic heterocycles. The molecule has 1 fully saturated rings. The van der Waals surface area contributed by atoms with E-state index < -0.39 is 0 Å². The van der Waals surface area contributed by atoms with E-state index in [4.69, 9.17) is 11.6 Å². The first kappa shape index (κ1) is 23.1. The van der Waals surface area contributed by atoms with Gasteiger partial charge in [0.2, 0.25) is 0 Å². The van der Waals surface area contributed by atoms with E-state index in [9.17, 15) is 0 Å². The van der Waals surface area contributed by atoms with Crippen LogP contribution in [0.4, 0.5) is 0 Å². The van der Waals surface area contributed by atoms with Crippen LogP contribution in [-0.4, -0.2) is 0 Å². The average Bonchev–Trinajstić information content (AvgIpc) is 2.84. The zero-order valence-corrected chi connectivity index (χ0v) is 20.3. The van der Waals surface area contributed by atoms with Gasteiger partial charge in [-0.2, -0.15) is 0 Å². The van der Waals surface area contributed by atoms with Crippen molar-refractivity contribution < 1.29 is 0 Å². The standard InChI is InChI=1S/C31H37Cl/c1-2-3-24-12-18-29(19-13-24)30-20-14-27(15-21-30)10-8-25-4-6-26(7-5-25)9-11-28-16-22-31(32)23-17-28/h4-7,12-13,16-19,22-23,27,30H,2-3,8-11,14-15,20-21H2,1H3. The number of hydrogen-bond acceptors (Lipinski definition) is 0. The fraction of sp³-hybridized carbons (Fsp3) is 0.419. The van der Waals surface area contributed by atoms with Gasteiger partial charge in [-0.3, -0.25) is 0 Å². The van der Waals surface area contributed by atoms with Crippen LogP contribution in [0.25, 0.3) is 0 Å². The molecule has 0 nitrogen and oxygen atoms in total. The summed E-state index contributed by atoms with van der Waals surface area (Å²) in [5.74, 6) is 1.68. The maximum absolute atomic E-state index is 5.98. The number of halogens is 1. The van der Waals surface area contributed by atoms with Crippen molar-refractivity contribution in [1.29, 1.82) is 0 Å². The average molecular weight is 445 g/mol. The second-order valence-corrected chi connectivity index (χ2v) is 10.1. The summed E-state index contributed by atoms with van der Waals surface area (Å²) < 4.78 is 0. The molecular formula is C31H37Cl. The van der Waals surface area contributed by atoms with Crippen molar-refractivity contribution in [2.75, 3.05) is 0 Å². The Morgan fingerprint density at radius 3 is 1.62 bits per heavy atom. The Bertz CT molecular complexity index is 929. The molecule has 168 valence electrons. The van der Waals surface area contributed by atoms with Gasteiger partial charge in [0.1, 0.15) is 0 Å². The lowest BCUT2D eigenvalue weighted by Crippen LogP contribution is -2.14. The number of benzene rings is 3. The molecule has 1 heteroatoms. The summed E-state index contributed by atoms with van der Waals surface area (Å²) in [6.45, 7) is 2.26. The highest BCUT2D eigenvalue weighted by Gasteiger charge is 2.22. The van der Waals surface area contributed by atoms with Crippen molar-refractivity contribution in [3.63, 3.8) is 0 Å². The van der Waals surface area contributed by atoms with Gasteiger partial charge in [0.05, 0.1) is 0 Å². The molecule has 0 unspecified atom stereocenters. The predicted molar refractivity (Wildman–Crippen MR) is 139 cm³/mol. The molecule has 0 N–H and O–H groups in total. The van der Waals surface area contributed by atoms with Gasteiger partial charge in [-0.05, 0) is 110 Å². The van der Waals surface area contributed by atoms with E-state index in [-0.39, 0.29) is 0 Å². The first-order valence-electron chi connectivity index (χ1n) is 12.6. The predicted octanol–water partition coefficient (Wildman–Crippen LogP) is 8.98. The summed E-state index contributed by atoms with van der Waals surface area (Å²) in [5, 5.41) is 0.813. The summed E-state index contributed by atoms with van der Waals surface area (Å²) in [6, 6.07) is 27.1. The fourth-order valence-electron chi connectivity index (χ4n) is 5.21. The minimum Gasteiger partial charge on any atom is -0.0843 e. The van der Waals surface area contributed by atoms with Crippen molar-refractivity contribution in [2.24, 2.45) is 5.92 Å². The summed E-state index contributed by atoms with van der Waals surface area (Å²) in [5.41, 5.74) is 7.33. The molecule has 0 radical (unpaired) electrons. The lowest BCUT2D eigenvalue weighted by atomic mass is 9.77. The Kier molecular flexibility index (Phi) is 8.46. The molecule has 0 saturated heterocycles. The SMILES string of the molecule is CCCc1ccc(C2CCC(CCc3ccc(CCc4ccc(Cl)cc4)cc3)CC2)cc1. The van der Waals surface area contributed by atoms with Crippen LogP contribution in [-0.2, 0) is 25.7 Å². The molecule has 0 amide bonds. The highest BCUT2D eigenvalue weighted by Crippen LogP contribution is 2.37. The van der Waals surface area contributed by atoms with E-state index in [1.165, 1.54) is 73.6 Å². The quantitative estimate of drug-likeness (QED) is 0.309. The lowest BCUT2D eigenvalue weighted by Gasteiger charge is -2.29. The van der Waals surface area contributed by atoms with Crippen molar-refractivity contribution in [3.05, 3.63) is 106 Å². The Labute approximate surface area is 200 Å². The van der Waals surface area contributed by atoms with Gasteiger partial charge in [-0.15, -0.1) is 0 Å². The molecule has 0 spiro atoms. The topological polar surface area (TPSA) is 0 Å². The van der Waals surface area contributed by atoms with Crippen LogP contribution in [0.15, 0.2) is 72.8 Å². The Hall–Kier alpha value is -2.05. The van der Waals surface area contributed by atoms with Crippen LogP contribution < -0.4 is 0 Å². The van der Waals surface area contributed by atoms with Crippen molar-refractivity contribution >= 4 is 11.6 Å². The third-order valence-corrected chi connectivity index (χ3v) is 7.57. The Morgan fingerprint density at radius 1 is 0.594 bits per heavy atom. The van der Waals surface area contributed by atoms with Gasteiger partial charge in [0.15, 0.2) is 0 Å². The molecule has 0 atom stereocenters. The first-order valence-corrected chi connectivity index (χ1v) is 13.0. The smallest absolute Gasteiger partial charge is 0.0406 e. The summed E-state index contributed by atoms with van der Waals surface area (Å²) in [4.78, 5) is 0. The second kappa shape index (κ2) is 11.7. The van der Waals surface area contributed by atoms with Gasteiger partial charge >= 0.3 is 0 Å². The van der Waals surface area contributed by atoms with Crippen LogP contribution in [0.1, 0.15) is 79.2 Å². The van der Waals surface area contributed by atoms with Gasteiger partial charge in [0, 0.05) is 5.02 Å². The minimum absolute atomic E-state index is 0.779. The van der Waals surface area contributed by atoms with Crippen LogP contribution in [0, 0.1) is 5.92 Å². The van der Waals surface area contributed by atoms with E-state index in [2.05, 4.69) is 67.6 Å². The summed E-state index contributed by atoms with van der Waals surface area (Å²) >= 11 is 5.98. The van der Waals surface area contributed by atoms with Gasteiger partial charge < -0.3 is 0 Å². The van der Waals surface area contributed by atoms with E-state index in [0.29, 0.717) is 0 Å². The monoisotopic (exact) mass is 444 g/mol. The molecule has 0 bridgehead atoms. The summed E-state index contributed by atoms with van der Waals surface area (Å²) in [7, 11) is 0. The van der Waals surface area contributed by atoms with Gasteiger partial charge in [0.25, 0.3) is 0 Å². The summed E-state index contributed by atoms with van der Waals surface area (Å²) in [6.07, 6.45) is 12.7. The third kappa shape index (κ3) is 6.72. The molecule has 1 aliphatic carbocycles. The molecular weight excluding hydrogens is 408 g/mol. The van der Waals surface area contributed by atoms with Crippen molar-refractivity contribution in [2.45, 2.75) is 77.0 Å². The molecule has 4 rings (SSSR count). The van der Waals surface area contributed by atoms with Crippen LogP contribution in [0.5, 0.6) is 0 Å². The van der Waals surface area contributed by atoms with Crippen LogP contribution >= 0.6 is 11.6 Å². The number of aryl methyl sites for hydroxylation is 4. The van der Waals surface area contributed by atoms with E-state index in [1.54, 1.807) is 5.56 Å². The maximum Gasteiger partial charge on any atom is 0.0406 e. The zero-order valence-electron chi connectivity index (χ0n) is 19.5. The van der Waals surface area contributed by atoms with E-state index >= 15 is 0 Å². The number of hydrogen-bond donors (Lipinski definition) is 0. The zero-order chi connectivity index (χ0) is 22.2. The molecule has 3 aromatic rings. The normalized spacial score (nSPS) is 18.6. The third-order valence-electron chi connectivity index (χ3n) is 7.32. The molecule has 3 aromatic carbocycles. The second-order valence-electron chi connectivity index (χ2n) is 9.69. The minimum atomic E-state index is 0.779. The highest BCUT2D eigenvalue weighted by molar-refractivity contribution is 6.30.